The summed E-state index contributed by atoms with van der Waals surface area (Å²) in [6, 6.07) is 14.6. The monoisotopic (exact) mass is 511 g/mol. The normalized spacial score (nSPS) is 10.5. The van der Waals surface area contributed by atoms with Gasteiger partial charge in [-0.25, -0.2) is 5.43 Å². The second-order valence-electron chi connectivity index (χ2n) is 7.30. The molecule has 3 rings (SSSR count). The number of hydrazone groups is 1. The molecule has 0 saturated heterocycles. The Bertz CT molecular complexity index is 1300. The number of nitrogens with zero attached hydrogens (tertiary/aromatic N) is 1. The van der Waals surface area contributed by atoms with E-state index < -0.39 is 23.6 Å². The van der Waals surface area contributed by atoms with Crippen molar-refractivity contribution < 1.29 is 28.3 Å². The van der Waals surface area contributed by atoms with Gasteiger partial charge >= 0.3 is 23.6 Å². The standard InChI is InChI=1S/C24H22ClN5O6/c1-14-3-6-16(7-4-14)28-22(32)21(31)26-12-17-8-9-18(36-17)13-27-30-24(34)23(33)29-19-11-15(25)5-10-20(19)35-2/h3-11,13H,12H2,1-2H3,(H,26,31)(H,28,32)(H,29,33)(H,30,34)/b27-13+. The van der Waals surface area contributed by atoms with Crippen LogP contribution in [0.1, 0.15) is 17.1 Å². The third kappa shape index (κ3) is 7.43. The molecule has 0 bridgehead atoms. The van der Waals surface area contributed by atoms with Crippen molar-refractivity contribution in [3.8, 4) is 5.75 Å². The van der Waals surface area contributed by atoms with Crippen LogP contribution in [0.3, 0.4) is 0 Å². The predicted molar refractivity (Wildman–Crippen MR) is 133 cm³/mol. The zero-order chi connectivity index (χ0) is 26.1. The van der Waals surface area contributed by atoms with Crippen LogP contribution in [0, 0.1) is 6.92 Å². The molecule has 0 fully saturated rings. The quantitative estimate of drug-likeness (QED) is 0.217. The van der Waals surface area contributed by atoms with E-state index in [2.05, 4.69) is 26.5 Å². The van der Waals surface area contributed by atoms with Gasteiger partial charge in [0.1, 0.15) is 17.3 Å². The SMILES string of the molecule is COc1ccc(Cl)cc1NC(=O)C(=O)N/N=C/c1ccc(CNC(=O)C(=O)Nc2ccc(C)cc2)o1. The number of hydrogen-bond acceptors (Lipinski definition) is 7. The van der Waals surface area contributed by atoms with Gasteiger partial charge in [-0.15, -0.1) is 0 Å². The highest BCUT2D eigenvalue weighted by atomic mass is 35.5. The lowest BCUT2D eigenvalue weighted by Crippen LogP contribution is -2.34. The summed E-state index contributed by atoms with van der Waals surface area (Å²) in [6.07, 6.45) is 1.17. The van der Waals surface area contributed by atoms with E-state index in [4.69, 9.17) is 20.8 Å². The first-order valence-corrected chi connectivity index (χ1v) is 10.9. The van der Waals surface area contributed by atoms with Gasteiger partial charge in [0.2, 0.25) is 0 Å². The van der Waals surface area contributed by atoms with Crippen LogP contribution in [0.15, 0.2) is 64.1 Å². The number of anilines is 2. The highest BCUT2D eigenvalue weighted by Gasteiger charge is 2.16. The zero-order valence-corrected chi connectivity index (χ0v) is 20.0. The Morgan fingerprint density at radius 3 is 2.39 bits per heavy atom. The minimum absolute atomic E-state index is 0.0514. The molecule has 4 amide bonds. The average Bonchev–Trinajstić information content (AvgIpc) is 3.31. The van der Waals surface area contributed by atoms with Gasteiger partial charge in [-0.2, -0.15) is 5.10 Å². The number of halogens is 1. The van der Waals surface area contributed by atoms with Crippen LogP contribution in [0.4, 0.5) is 11.4 Å². The lowest BCUT2D eigenvalue weighted by atomic mass is 10.2. The van der Waals surface area contributed by atoms with Gasteiger partial charge < -0.3 is 25.1 Å². The van der Waals surface area contributed by atoms with Crippen molar-refractivity contribution in [2.24, 2.45) is 5.10 Å². The molecule has 0 saturated carbocycles. The number of carbonyl (C=O) groups excluding carboxylic acids is 4. The average molecular weight is 512 g/mol. The zero-order valence-electron chi connectivity index (χ0n) is 19.3. The van der Waals surface area contributed by atoms with Gasteiger partial charge in [0.05, 0.1) is 25.6 Å². The molecule has 0 aliphatic rings. The summed E-state index contributed by atoms with van der Waals surface area (Å²) in [6.45, 7) is 1.86. The number of carbonyl (C=O) groups is 4. The lowest BCUT2D eigenvalue weighted by molar-refractivity contribution is -0.136. The molecular weight excluding hydrogens is 490 g/mol. The second-order valence-corrected chi connectivity index (χ2v) is 7.74. The van der Waals surface area contributed by atoms with E-state index in [-0.39, 0.29) is 18.0 Å². The summed E-state index contributed by atoms with van der Waals surface area (Å²) in [5, 5.41) is 11.3. The maximum Gasteiger partial charge on any atom is 0.329 e. The number of amides is 4. The molecular formula is C24H22ClN5O6. The molecule has 0 unspecified atom stereocenters. The van der Waals surface area contributed by atoms with Crippen molar-refractivity contribution in [2.45, 2.75) is 13.5 Å². The van der Waals surface area contributed by atoms with E-state index in [0.29, 0.717) is 22.2 Å². The summed E-state index contributed by atoms with van der Waals surface area (Å²) in [5.74, 6) is -2.77. The first kappa shape index (κ1) is 26.0. The fraction of sp³-hybridized carbons (Fsp3) is 0.125. The van der Waals surface area contributed by atoms with Crippen LogP contribution in [-0.4, -0.2) is 37.0 Å². The Hall–Kier alpha value is -4.64. The number of aryl methyl sites for hydroxylation is 1. The summed E-state index contributed by atoms with van der Waals surface area (Å²) in [4.78, 5) is 48.1. The number of nitrogens with one attached hydrogen (secondary N) is 4. The van der Waals surface area contributed by atoms with Crippen molar-refractivity contribution >= 4 is 52.8 Å². The van der Waals surface area contributed by atoms with Crippen molar-refractivity contribution in [1.82, 2.24) is 10.7 Å². The fourth-order valence-corrected chi connectivity index (χ4v) is 2.97. The molecule has 1 aromatic heterocycles. The largest absolute Gasteiger partial charge is 0.495 e. The first-order chi connectivity index (χ1) is 17.2. The van der Waals surface area contributed by atoms with Crippen LogP contribution in [0.5, 0.6) is 5.75 Å². The molecule has 186 valence electrons. The Labute approximate surface area is 210 Å². The number of methoxy groups -OCH3 is 1. The number of rotatable bonds is 7. The smallest absolute Gasteiger partial charge is 0.329 e. The van der Waals surface area contributed by atoms with Crippen LogP contribution >= 0.6 is 11.6 Å². The Morgan fingerprint density at radius 1 is 0.944 bits per heavy atom. The molecule has 0 atom stereocenters. The number of hydrogen-bond donors (Lipinski definition) is 4. The van der Waals surface area contributed by atoms with E-state index in [1.165, 1.54) is 25.5 Å². The summed E-state index contributed by atoms with van der Waals surface area (Å²) >= 11 is 5.90. The molecule has 1 heterocycles. The van der Waals surface area contributed by atoms with E-state index in [1.54, 1.807) is 30.3 Å². The molecule has 12 heteroatoms. The first-order valence-electron chi connectivity index (χ1n) is 10.5. The highest BCUT2D eigenvalue weighted by molar-refractivity contribution is 6.40. The lowest BCUT2D eigenvalue weighted by Gasteiger charge is -2.09. The molecule has 0 radical (unpaired) electrons. The maximum absolute atomic E-state index is 12.1. The molecule has 0 aliphatic carbocycles. The molecule has 36 heavy (non-hydrogen) atoms. The van der Waals surface area contributed by atoms with Gasteiger partial charge in [0.25, 0.3) is 0 Å². The van der Waals surface area contributed by atoms with Crippen LogP contribution < -0.4 is 26.1 Å². The van der Waals surface area contributed by atoms with Crippen LogP contribution in [0.25, 0.3) is 0 Å². The Morgan fingerprint density at radius 2 is 1.67 bits per heavy atom. The number of benzene rings is 2. The minimum Gasteiger partial charge on any atom is -0.495 e. The second kappa shape index (κ2) is 12.2. The topological polar surface area (TPSA) is 151 Å². The van der Waals surface area contributed by atoms with Gasteiger partial charge in [0.15, 0.2) is 0 Å². The molecule has 0 aliphatic heterocycles. The van der Waals surface area contributed by atoms with Crippen molar-refractivity contribution in [3.63, 3.8) is 0 Å². The summed E-state index contributed by atoms with van der Waals surface area (Å²) in [7, 11) is 1.41. The van der Waals surface area contributed by atoms with Crippen molar-refractivity contribution in [2.75, 3.05) is 17.7 Å². The molecule has 11 nitrogen and oxygen atoms in total. The Balaban J connectivity index is 1.45. The fourth-order valence-electron chi connectivity index (χ4n) is 2.79. The minimum atomic E-state index is -1.04. The summed E-state index contributed by atoms with van der Waals surface area (Å²) in [5.41, 5.74) is 3.81. The predicted octanol–water partition coefficient (Wildman–Crippen LogP) is 2.59. The molecule has 3 aromatic rings. The van der Waals surface area contributed by atoms with Gasteiger partial charge in [0, 0.05) is 10.7 Å². The van der Waals surface area contributed by atoms with E-state index >= 15 is 0 Å². The van der Waals surface area contributed by atoms with Crippen molar-refractivity contribution in [1.29, 1.82) is 0 Å². The van der Waals surface area contributed by atoms with Crippen molar-refractivity contribution in [3.05, 3.63) is 76.7 Å². The van der Waals surface area contributed by atoms with E-state index in [0.717, 1.165) is 5.56 Å². The third-order valence-corrected chi connectivity index (χ3v) is 4.83. The molecule has 2 aromatic carbocycles. The number of furan rings is 1. The van der Waals surface area contributed by atoms with E-state index in [1.807, 2.05) is 19.1 Å². The van der Waals surface area contributed by atoms with Crippen LogP contribution in [0.2, 0.25) is 5.02 Å². The van der Waals surface area contributed by atoms with Crippen LogP contribution in [-0.2, 0) is 25.7 Å². The van der Waals surface area contributed by atoms with Gasteiger partial charge in [-0.3, -0.25) is 19.2 Å². The van der Waals surface area contributed by atoms with Gasteiger partial charge in [-0.1, -0.05) is 29.3 Å². The Kier molecular flexibility index (Phi) is 8.79. The summed E-state index contributed by atoms with van der Waals surface area (Å²) < 4.78 is 10.6. The molecule has 0 spiro atoms. The van der Waals surface area contributed by atoms with E-state index in [9.17, 15) is 19.2 Å². The maximum atomic E-state index is 12.1. The van der Waals surface area contributed by atoms with Gasteiger partial charge in [-0.05, 0) is 49.4 Å². The highest BCUT2D eigenvalue weighted by Crippen LogP contribution is 2.27. The third-order valence-electron chi connectivity index (χ3n) is 4.60. The number of ether oxygens (including phenoxy) is 1. The molecule has 4 N–H and O–H groups in total.